The van der Waals surface area contributed by atoms with E-state index in [4.69, 9.17) is 0 Å². The number of fused-ring (bicyclic) bond motifs is 2. The minimum atomic E-state index is -2.14. The van der Waals surface area contributed by atoms with E-state index in [-0.39, 0.29) is 10.8 Å². The summed E-state index contributed by atoms with van der Waals surface area (Å²) in [6.45, 7) is 24.0. The second kappa shape index (κ2) is 12.8. The van der Waals surface area contributed by atoms with Crippen LogP contribution in [-0.2, 0) is 31.7 Å². The van der Waals surface area contributed by atoms with Crippen molar-refractivity contribution in [3.63, 3.8) is 0 Å². The van der Waals surface area contributed by atoms with Crippen molar-refractivity contribution in [2.24, 2.45) is 0 Å². The predicted molar refractivity (Wildman–Crippen MR) is 202 cm³/mol. The van der Waals surface area contributed by atoms with Gasteiger partial charge in [0, 0.05) is 0 Å². The Kier molecular flexibility index (Phi) is 9.30. The Labute approximate surface area is 288 Å². The van der Waals surface area contributed by atoms with E-state index in [1.165, 1.54) is 44.5 Å². The van der Waals surface area contributed by atoms with Crippen molar-refractivity contribution in [3.05, 3.63) is 129 Å². The molecule has 0 saturated heterocycles. The van der Waals surface area contributed by atoms with Crippen molar-refractivity contribution >= 4 is 18.1 Å². The summed E-state index contributed by atoms with van der Waals surface area (Å²) >= 11 is -2.14. The van der Waals surface area contributed by atoms with Crippen LogP contribution in [-0.4, -0.2) is 5.92 Å². The summed E-state index contributed by atoms with van der Waals surface area (Å²) in [7, 11) is 0. The van der Waals surface area contributed by atoms with E-state index < -0.39 is 26.8 Å². The van der Waals surface area contributed by atoms with Gasteiger partial charge in [-0.3, -0.25) is 0 Å². The van der Waals surface area contributed by atoms with E-state index in [0.717, 1.165) is 12.8 Å². The van der Waals surface area contributed by atoms with Crippen LogP contribution in [0.4, 0.5) is 0 Å². The van der Waals surface area contributed by atoms with Gasteiger partial charge in [-0.05, 0) is 0 Å². The monoisotopic (exact) mass is 699 g/mol. The van der Waals surface area contributed by atoms with Crippen molar-refractivity contribution in [1.29, 1.82) is 0 Å². The van der Waals surface area contributed by atoms with Crippen LogP contribution in [0.25, 0.3) is 34.4 Å². The van der Waals surface area contributed by atoms with E-state index >= 15 is 0 Å². The number of rotatable bonds is 7. The molecule has 0 amide bonds. The van der Waals surface area contributed by atoms with Gasteiger partial charge in [-0.1, -0.05) is 0 Å². The van der Waals surface area contributed by atoms with E-state index in [1.807, 2.05) is 0 Å². The maximum atomic E-state index is 2.69. The Morgan fingerprint density at radius 3 is 1.22 bits per heavy atom. The fraction of sp³-hybridized carbons (Fsp3) is 0.364. The minimum absolute atomic E-state index is 0.165. The molecule has 237 valence electrons. The molecule has 0 N–H and O–H groups in total. The fourth-order valence-corrected chi connectivity index (χ4v) is 31.1. The molecule has 0 nitrogen and oxygen atoms in total. The molecule has 0 aliphatic heterocycles. The van der Waals surface area contributed by atoms with Crippen molar-refractivity contribution < 1.29 is 20.9 Å². The van der Waals surface area contributed by atoms with Crippen LogP contribution in [0.3, 0.4) is 0 Å². The standard InChI is InChI=1S/2C21H23.C2H7Si.Zr/c2*1-5-15-13-17-7-6-8-19(20(17)14-15)16-9-11-18(12-10-16)21(2,3)4;1-3-2;/h2*6-14H,5H2,1-4H3;3H,1-2H3;. The number of benzene rings is 4. The van der Waals surface area contributed by atoms with Gasteiger partial charge in [0.1, 0.15) is 0 Å². The van der Waals surface area contributed by atoms with Crippen LogP contribution in [0.5, 0.6) is 0 Å². The fourth-order valence-electron chi connectivity index (χ4n) is 7.96. The summed E-state index contributed by atoms with van der Waals surface area (Å²) in [5.41, 5.74) is 18.4. The van der Waals surface area contributed by atoms with E-state index in [9.17, 15) is 0 Å². The first-order valence-corrected chi connectivity index (χ1v) is 27.6. The van der Waals surface area contributed by atoms with Gasteiger partial charge in [-0.15, -0.1) is 0 Å². The molecule has 2 atom stereocenters. The van der Waals surface area contributed by atoms with Crippen molar-refractivity contribution in [2.45, 2.75) is 99.4 Å². The molecule has 46 heavy (non-hydrogen) atoms. The Morgan fingerprint density at radius 1 is 0.543 bits per heavy atom. The zero-order chi connectivity index (χ0) is 33.0. The molecular formula is C44H53SiZr. The van der Waals surface area contributed by atoms with Gasteiger partial charge < -0.3 is 0 Å². The molecule has 0 radical (unpaired) electrons. The zero-order valence-corrected chi connectivity index (χ0v) is 33.5. The van der Waals surface area contributed by atoms with E-state index in [2.05, 4.69) is 166 Å². The zero-order valence-electron chi connectivity index (χ0n) is 29.9. The van der Waals surface area contributed by atoms with Crippen LogP contribution < -0.4 is 0 Å². The van der Waals surface area contributed by atoms with Gasteiger partial charge in [0.05, 0.1) is 0 Å². The first-order valence-electron chi connectivity index (χ1n) is 17.6. The molecule has 2 heteroatoms. The molecule has 0 fully saturated rings. The first-order chi connectivity index (χ1) is 21.8. The van der Waals surface area contributed by atoms with Gasteiger partial charge in [0.2, 0.25) is 0 Å². The third-order valence-electron chi connectivity index (χ3n) is 10.6. The average molecular weight is 701 g/mol. The molecule has 0 bridgehead atoms. The topological polar surface area (TPSA) is 0 Å². The average Bonchev–Trinajstić information content (AvgIpc) is 3.59. The second-order valence-corrected chi connectivity index (χ2v) is 36.0. The number of allylic oxidation sites excluding steroid dienone is 2. The quantitative estimate of drug-likeness (QED) is 0.168. The molecule has 4 aromatic carbocycles. The maximum absolute atomic E-state index is 2.69. The number of hydrogen-bond donors (Lipinski definition) is 0. The van der Waals surface area contributed by atoms with Gasteiger partial charge in [0.15, 0.2) is 0 Å². The van der Waals surface area contributed by atoms with Gasteiger partial charge in [-0.2, -0.15) is 0 Å². The van der Waals surface area contributed by atoms with Crippen LogP contribution in [0, 0.1) is 0 Å². The molecular weight excluding hydrogens is 648 g/mol. The molecule has 0 aromatic heterocycles. The van der Waals surface area contributed by atoms with Crippen LogP contribution in [0.15, 0.2) is 96.1 Å². The summed E-state index contributed by atoms with van der Waals surface area (Å²) < 4.78 is 1.34. The van der Waals surface area contributed by atoms with Crippen LogP contribution in [0.1, 0.15) is 109 Å². The Morgan fingerprint density at radius 2 is 0.913 bits per heavy atom. The molecule has 2 unspecified atom stereocenters. The number of hydrogen-bond acceptors (Lipinski definition) is 0. The third-order valence-corrected chi connectivity index (χ3v) is 32.3. The van der Waals surface area contributed by atoms with E-state index in [0.29, 0.717) is 7.25 Å². The summed E-state index contributed by atoms with van der Waals surface area (Å²) in [5.74, 6) is -0.930. The Hall–Kier alpha value is -2.54. The van der Waals surface area contributed by atoms with E-state index in [1.54, 1.807) is 22.3 Å². The predicted octanol–water partition coefficient (Wildman–Crippen LogP) is 12.6. The normalized spacial score (nSPS) is 17.5. The Balaban J connectivity index is 1.44. The molecule has 2 aliphatic carbocycles. The third kappa shape index (κ3) is 6.10. The van der Waals surface area contributed by atoms with Crippen molar-refractivity contribution in [3.8, 4) is 22.3 Å². The van der Waals surface area contributed by atoms with Crippen molar-refractivity contribution in [2.75, 3.05) is 0 Å². The molecule has 2 aliphatic rings. The molecule has 0 spiro atoms. The SMILES string of the molecule is CCC1=Cc2c(-c3ccc(C(C)(C)C)cc3)cccc2[CH]1[Zr]([CH]1C(CC)=Cc2c(-c3ccc(C(C)(C)C)cc3)cccc21)[SiH](C)C. The summed E-state index contributed by atoms with van der Waals surface area (Å²) in [4.78, 5) is 0. The van der Waals surface area contributed by atoms with Gasteiger partial charge in [-0.25, -0.2) is 0 Å². The molecule has 6 rings (SSSR count). The van der Waals surface area contributed by atoms with Crippen molar-refractivity contribution in [1.82, 2.24) is 0 Å². The molecule has 0 saturated carbocycles. The summed E-state index contributed by atoms with van der Waals surface area (Å²) in [5, 5.41) is 0. The Bertz CT molecular complexity index is 1660. The summed E-state index contributed by atoms with van der Waals surface area (Å²) in [6.07, 6.45) is 7.56. The van der Waals surface area contributed by atoms with Crippen LogP contribution in [0.2, 0.25) is 13.1 Å². The second-order valence-electron chi connectivity index (χ2n) is 15.9. The molecule has 0 heterocycles. The van der Waals surface area contributed by atoms with Gasteiger partial charge >= 0.3 is 290 Å². The van der Waals surface area contributed by atoms with Crippen LogP contribution >= 0.6 is 0 Å². The summed E-state index contributed by atoms with van der Waals surface area (Å²) in [6, 6.07) is 33.3. The first kappa shape index (κ1) is 33.4. The van der Waals surface area contributed by atoms with Gasteiger partial charge in [0.25, 0.3) is 0 Å². The molecule has 4 aromatic rings.